The van der Waals surface area contributed by atoms with Crippen molar-refractivity contribution in [2.24, 2.45) is 4.99 Å². The number of hydrogen-bond acceptors (Lipinski definition) is 3. The fourth-order valence-corrected chi connectivity index (χ4v) is 1.59. The third-order valence-electron chi connectivity index (χ3n) is 2.62. The van der Waals surface area contributed by atoms with E-state index in [9.17, 15) is 4.79 Å². The van der Waals surface area contributed by atoms with Gasteiger partial charge in [-0.2, -0.15) is 4.99 Å². The van der Waals surface area contributed by atoms with Crippen molar-refractivity contribution in [1.82, 2.24) is 0 Å². The third-order valence-corrected chi connectivity index (χ3v) is 2.62. The highest BCUT2D eigenvalue weighted by molar-refractivity contribution is 5.58. The van der Waals surface area contributed by atoms with Gasteiger partial charge in [-0.25, -0.2) is 4.79 Å². The molecule has 1 aromatic heterocycles. The number of carbonyl (C=O) groups excluding carboxylic acids is 1. The number of hydrogen-bond donors (Lipinski definition) is 0. The number of nitrogens with zero attached hydrogens (tertiary/aromatic N) is 1. The summed E-state index contributed by atoms with van der Waals surface area (Å²) in [6, 6.07) is 11.5. The molecular formula is C14H13NO2. The van der Waals surface area contributed by atoms with Gasteiger partial charge in [0.1, 0.15) is 17.6 Å². The zero-order chi connectivity index (χ0) is 12.3. The minimum absolute atomic E-state index is 0.285. The number of isocyanates is 1. The van der Waals surface area contributed by atoms with Crippen molar-refractivity contribution in [2.75, 3.05) is 0 Å². The molecule has 3 nitrogen and oxygen atoms in total. The van der Waals surface area contributed by atoms with Crippen LogP contribution in [0.2, 0.25) is 0 Å². The van der Waals surface area contributed by atoms with Crippen LogP contribution >= 0.6 is 0 Å². The van der Waals surface area contributed by atoms with E-state index in [0.29, 0.717) is 5.76 Å². The van der Waals surface area contributed by atoms with Crippen LogP contribution in [0.5, 0.6) is 0 Å². The van der Waals surface area contributed by atoms with Crippen LogP contribution in [0.4, 0.5) is 0 Å². The molecular weight excluding hydrogens is 214 g/mol. The summed E-state index contributed by atoms with van der Waals surface area (Å²) in [6.45, 7) is 3.83. The summed E-state index contributed by atoms with van der Waals surface area (Å²) < 4.78 is 5.65. The van der Waals surface area contributed by atoms with E-state index in [1.807, 2.05) is 43.3 Å². The van der Waals surface area contributed by atoms with Crippen LogP contribution in [0.15, 0.2) is 45.8 Å². The predicted octanol–water partition coefficient (Wildman–Crippen LogP) is 3.65. The standard InChI is InChI=1S/C14H13NO2/c1-10-3-5-12(6-4-10)14-8-7-13(17-14)11(2)15-9-16/h3-8,11H,1-2H3. The van der Waals surface area contributed by atoms with E-state index in [1.165, 1.54) is 11.6 Å². The Morgan fingerprint density at radius 2 is 1.88 bits per heavy atom. The molecule has 0 saturated heterocycles. The molecule has 0 radical (unpaired) electrons. The SMILES string of the molecule is Cc1ccc(-c2ccc(C(C)N=C=O)o2)cc1. The lowest BCUT2D eigenvalue weighted by Gasteiger charge is -2.00. The number of furan rings is 1. The molecule has 17 heavy (non-hydrogen) atoms. The highest BCUT2D eigenvalue weighted by atomic mass is 16.3. The smallest absolute Gasteiger partial charge is 0.235 e. The van der Waals surface area contributed by atoms with Crippen LogP contribution in [0.1, 0.15) is 24.3 Å². The Hall–Kier alpha value is -2.12. The van der Waals surface area contributed by atoms with Crippen LogP contribution in [0.25, 0.3) is 11.3 Å². The summed E-state index contributed by atoms with van der Waals surface area (Å²) in [5.74, 6) is 1.46. The van der Waals surface area contributed by atoms with Gasteiger partial charge in [0.05, 0.1) is 0 Å². The lowest BCUT2D eigenvalue weighted by molar-refractivity contribution is 0.487. The normalized spacial score (nSPS) is 11.9. The van der Waals surface area contributed by atoms with Crippen molar-refractivity contribution in [2.45, 2.75) is 19.9 Å². The molecule has 0 aliphatic heterocycles. The van der Waals surface area contributed by atoms with Gasteiger partial charge in [-0.3, -0.25) is 0 Å². The highest BCUT2D eigenvalue weighted by Crippen LogP contribution is 2.26. The van der Waals surface area contributed by atoms with Gasteiger partial charge >= 0.3 is 0 Å². The topological polar surface area (TPSA) is 42.6 Å². The van der Waals surface area contributed by atoms with Crippen LogP contribution in [0, 0.1) is 6.92 Å². The Morgan fingerprint density at radius 3 is 2.53 bits per heavy atom. The van der Waals surface area contributed by atoms with E-state index in [4.69, 9.17) is 4.42 Å². The van der Waals surface area contributed by atoms with Crippen LogP contribution in [0.3, 0.4) is 0 Å². The van der Waals surface area contributed by atoms with Gasteiger partial charge in [0, 0.05) is 5.56 Å². The van der Waals surface area contributed by atoms with E-state index in [2.05, 4.69) is 4.99 Å². The molecule has 0 bridgehead atoms. The minimum atomic E-state index is -0.285. The van der Waals surface area contributed by atoms with E-state index in [0.717, 1.165) is 11.3 Å². The number of rotatable bonds is 3. The first-order valence-electron chi connectivity index (χ1n) is 5.44. The fraction of sp³-hybridized carbons (Fsp3) is 0.214. The van der Waals surface area contributed by atoms with Crippen molar-refractivity contribution in [3.05, 3.63) is 47.7 Å². The molecule has 0 N–H and O–H groups in total. The monoisotopic (exact) mass is 227 g/mol. The molecule has 0 aliphatic rings. The van der Waals surface area contributed by atoms with Gasteiger partial charge in [-0.05, 0) is 26.0 Å². The first-order valence-corrected chi connectivity index (χ1v) is 5.44. The largest absolute Gasteiger partial charge is 0.459 e. The van der Waals surface area contributed by atoms with Gasteiger partial charge in [0.25, 0.3) is 0 Å². The number of aryl methyl sites for hydroxylation is 1. The molecule has 1 heterocycles. The van der Waals surface area contributed by atoms with Gasteiger partial charge < -0.3 is 4.42 Å². The van der Waals surface area contributed by atoms with Crippen LogP contribution in [-0.4, -0.2) is 6.08 Å². The molecule has 86 valence electrons. The minimum Gasteiger partial charge on any atom is -0.459 e. The van der Waals surface area contributed by atoms with E-state index < -0.39 is 0 Å². The maximum absolute atomic E-state index is 10.2. The zero-order valence-electron chi connectivity index (χ0n) is 9.81. The molecule has 3 heteroatoms. The number of benzene rings is 1. The molecule has 2 rings (SSSR count). The summed E-state index contributed by atoms with van der Waals surface area (Å²) >= 11 is 0. The zero-order valence-corrected chi connectivity index (χ0v) is 9.81. The number of aliphatic imine (C=N–C) groups is 1. The van der Waals surface area contributed by atoms with Crippen LogP contribution < -0.4 is 0 Å². The first-order chi connectivity index (χ1) is 8.20. The summed E-state index contributed by atoms with van der Waals surface area (Å²) in [4.78, 5) is 13.8. The summed E-state index contributed by atoms with van der Waals surface area (Å²) in [5, 5.41) is 0. The van der Waals surface area contributed by atoms with Gasteiger partial charge in [0.15, 0.2) is 0 Å². The Balaban J connectivity index is 2.29. The average molecular weight is 227 g/mol. The molecule has 0 saturated carbocycles. The quantitative estimate of drug-likeness (QED) is 0.593. The second kappa shape index (κ2) is 4.81. The predicted molar refractivity (Wildman–Crippen MR) is 65.4 cm³/mol. The lowest BCUT2D eigenvalue weighted by atomic mass is 10.1. The molecule has 1 atom stereocenters. The van der Waals surface area contributed by atoms with Gasteiger partial charge in [-0.1, -0.05) is 29.8 Å². The molecule has 0 fully saturated rings. The summed E-state index contributed by atoms with van der Waals surface area (Å²) in [5.41, 5.74) is 2.23. The van der Waals surface area contributed by atoms with E-state index >= 15 is 0 Å². The molecule has 2 aromatic rings. The van der Waals surface area contributed by atoms with Crippen LogP contribution in [-0.2, 0) is 4.79 Å². The molecule has 1 aromatic carbocycles. The van der Waals surface area contributed by atoms with Crippen molar-refractivity contribution in [1.29, 1.82) is 0 Å². The Labute approximate surface area is 99.8 Å². The fourth-order valence-electron chi connectivity index (χ4n) is 1.59. The third kappa shape index (κ3) is 2.52. The molecule has 0 spiro atoms. The van der Waals surface area contributed by atoms with Crippen molar-refractivity contribution >= 4 is 6.08 Å². The van der Waals surface area contributed by atoms with Crippen molar-refractivity contribution < 1.29 is 9.21 Å². The Kier molecular flexibility index (Phi) is 3.22. The maximum Gasteiger partial charge on any atom is 0.235 e. The summed E-state index contributed by atoms with van der Waals surface area (Å²) in [6.07, 6.45) is 1.54. The Morgan fingerprint density at radius 1 is 1.18 bits per heavy atom. The van der Waals surface area contributed by atoms with Gasteiger partial charge in [0.2, 0.25) is 6.08 Å². The second-order valence-corrected chi connectivity index (χ2v) is 3.96. The maximum atomic E-state index is 10.2. The molecule has 0 aliphatic carbocycles. The highest BCUT2D eigenvalue weighted by Gasteiger charge is 2.10. The first kappa shape index (κ1) is 11.4. The average Bonchev–Trinajstić information content (AvgIpc) is 2.80. The molecule has 0 amide bonds. The Bertz CT molecular complexity index is 548. The lowest BCUT2D eigenvalue weighted by Crippen LogP contribution is -1.84. The van der Waals surface area contributed by atoms with Crippen molar-refractivity contribution in [3.63, 3.8) is 0 Å². The van der Waals surface area contributed by atoms with E-state index in [-0.39, 0.29) is 6.04 Å². The van der Waals surface area contributed by atoms with E-state index in [1.54, 1.807) is 6.92 Å². The summed E-state index contributed by atoms with van der Waals surface area (Å²) in [7, 11) is 0. The van der Waals surface area contributed by atoms with Crippen molar-refractivity contribution in [3.8, 4) is 11.3 Å². The van der Waals surface area contributed by atoms with Gasteiger partial charge in [-0.15, -0.1) is 0 Å². The second-order valence-electron chi connectivity index (χ2n) is 3.96. The molecule has 1 unspecified atom stereocenters.